The van der Waals surface area contributed by atoms with E-state index < -0.39 is 6.29 Å². The topological polar surface area (TPSA) is 71.5 Å². The first-order valence-electron chi connectivity index (χ1n) is 10.8. The van der Waals surface area contributed by atoms with Gasteiger partial charge in [0.05, 0.1) is 7.11 Å². The van der Waals surface area contributed by atoms with Crippen LogP contribution in [0.1, 0.15) is 31.2 Å². The summed E-state index contributed by atoms with van der Waals surface area (Å²) in [5.41, 5.74) is 1.08. The Morgan fingerprint density at radius 3 is 2.50 bits per heavy atom. The minimum atomic E-state index is -0.523. The van der Waals surface area contributed by atoms with E-state index in [9.17, 15) is 9.90 Å². The third-order valence-corrected chi connectivity index (χ3v) is 5.91. The second-order valence-electron chi connectivity index (χ2n) is 7.90. The number of hydrogen-bond donors (Lipinski definition) is 1. The van der Waals surface area contributed by atoms with Crippen LogP contribution in [0, 0.1) is 5.92 Å². The summed E-state index contributed by atoms with van der Waals surface area (Å²) in [5, 5.41) is 9.39. The number of ether oxygens (including phenoxy) is 3. The predicted molar refractivity (Wildman–Crippen MR) is 114 cm³/mol. The van der Waals surface area contributed by atoms with Gasteiger partial charge in [0.2, 0.25) is 6.29 Å². The van der Waals surface area contributed by atoms with E-state index in [0.717, 1.165) is 30.8 Å². The van der Waals surface area contributed by atoms with Crippen molar-refractivity contribution in [2.24, 2.45) is 5.92 Å². The standard InChI is InChI=1S/C23H34N2O5/c1-4-29-23-19(6-5-15-26)20(17-7-9-18(28-3)10-8-17)16-21(30-23)22(27)25-13-11-24(2)12-14-25/h7-10,16,19-20,23,26H,4-6,11-15H2,1-3H3/t19-,20-,23-/m1/s1. The maximum atomic E-state index is 13.2. The van der Waals surface area contributed by atoms with E-state index >= 15 is 0 Å². The number of benzene rings is 1. The van der Waals surface area contributed by atoms with Crippen LogP contribution >= 0.6 is 0 Å². The van der Waals surface area contributed by atoms with Crippen molar-refractivity contribution in [2.45, 2.75) is 32.0 Å². The van der Waals surface area contributed by atoms with Gasteiger partial charge in [0.1, 0.15) is 5.75 Å². The summed E-state index contributed by atoms with van der Waals surface area (Å²) in [5.74, 6) is 1.04. The SMILES string of the molecule is CCO[C@@H]1OC(C(=O)N2CCN(C)CC2)=C[C@H](c2ccc(OC)cc2)[C@H]1CCCO. The Morgan fingerprint density at radius 1 is 1.20 bits per heavy atom. The number of aliphatic hydroxyl groups is 1. The molecule has 1 fully saturated rings. The van der Waals surface area contributed by atoms with Gasteiger partial charge in [-0.3, -0.25) is 4.79 Å². The van der Waals surface area contributed by atoms with E-state index in [4.69, 9.17) is 14.2 Å². The van der Waals surface area contributed by atoms with Crippen LogP contribution in [0.4, 0.5) is 0 Å². The summed E-state index contributed by atoms with van der Waals surface area (Å²) >= 11 is 0. The molecule has 166 valence electrons. The fraction of sp³-hybridized carbons (Fsp3) is 0.609. The van der Waals surface area contributed by atoms with Gasteiger partial charge in [0, 0.05) is 51.2 Å². The molecular formula is C23H34N2O5. The maximum Gasteiger partial charge on any atom is 0.288 e. The highest BCUT2D eigenvalue weighted by Crippen LogP contribution is 2.40. The van der Waals surface area contributed by atoms with Crippen molar-refractivity contribution in [1.29, 1.82) is 0 Å². The number of amides is 1. The predicted octanol–water partition coefficient (Wildman–Crippen LogP) is 2.22. The molecule has 3 atom stereocenters. The number of allylic oxidation sites excluding steroid dienone is 1. The molecule has 0 bridgehead atoms. The molecule has 1 saturated heterocycles. The van der Waals surface area contributed by atoms with Crippen LogP contribution in [-0.2, 0) is 14.3 Å². The van der Waals surface area contributed by atoms with Gasteiger partial charge in [-0.05, 0) is 50.6 Å². The molecule has 3 rings (SSSR count). The molecule has 0 radical (unpaired) electrons. The lowest BCUT2D eigenvalue weighted by Crippen LogP contribution is -2.49. The van der Waals surface area contributed by atoms with Gasteiger partial charge in [0.25, 0.3) is 5.91 Å². The molecule has 1 aromatic rings. The zero-order chi connectivity index (χ0) is 21.5. The third-order valence-electron chi connectivity index (χ3n) is 5.91. The van der Waals surface area contributed by atoms with Crippen LogP contribution in [0.25, 0.3) is 0 Å². The van der Waals surface area contributed by atoms with Crippen molar-refractivity contribution >= 4 is 5.91 Å². The van der Waals surface area contributed by atoms with Crippen molar-refractivity contribution in [3.63, 3.8) is 0 Å². The quantitative estimate of drug-likeness (QED) is 0.698. The molecule has 0 aliphatic carbocycles. The first-order valence-corrected chi connectivity index (χ1v) is 10.8. The van der Waals surface area contributed by atoms with E-state index in [0.29, 0.717) is 31.9 Å². The van der Waals surface area contributed by atoms with E-state index in [1.807, 2.05) is 42.2 Å². The lowest BCUT2D eigenvalue weighted by atomic mass is 9.80. The Morgan fingerprint density at radius 2 is 1.90 bits per heavy atom. The molecule has 30 heavy (non-hydrogen) atoms. The van der Waals surface area contributed by atoms with Crippen LogP contribution in [0.15, 0.2) is 36.1 Å². The summed E-state index contributed by atoms with van der Waals surface area (Å²) in [6.45, 7) is 5.62. The van der Waals surface area contributed by atoms with Crippen molar-refractivity contribution in [3.8, 4) is 5.75 Å². The average molecular weight is 419 g/mol. The summed E-state index contributed by atoms with van der Waals surface area (Å²) in [7, 11) is 3.71. The second-order valence-corrected chi connectivity index (χ2v) is 7.90. The zero-order valence-corrected chi connectivity index (χ0v) is 18.3. The lowest BCUT2D eigenvalue weighted by molar-refractivity contribution is -0.170. The van der Waals surface area contributed by atoms with Crippen molar-refractivity contribution < 1.29 is 24.1 Å². The molecule has 1 N–H and O–H groups in total. The van der Waals surface area contributed by atoms with Gasteiger partial charge in [-0.1, -0.05) is 12.1 Å². The van der Waals surface area contributed by atoms with Gasteiger partial charge in [-0.2, -0.15) is 0 Å². The Balaban J connectivity index is 1.91. The Hall–Kier alpha value is -2.09. The fourth-order valence-electron chi connectivity index (χ4n) is 4.13. The van der Waals surface area contributed by atoms with Crippen LogP contribution in [-0.4, -0.2) is 80.7 Å². The van der Waals surface area contributed by atoms with Crippen molar-refractivity contribution in [1.82, 2.24) is 9.80 Å². The highest BCUT2D eigenvalue weighted by Gasteiger charge is 2.39. The van der Waals surface area contributed by atoms with E-state index in [1.165, 1.54) is 0 Å². The second kappa shape index (κ2) is 10.8. The average Bonchev–Trinajstić information content (AvgIpc) is 2.78. The largest absolute Gasteiger partial charge is 0.497 e. The first kappa shape index (κ1) is 22.6. The zero-order valence-electron chi connectivity index (χ0n) is 18.3. The van der Waals surface area contributed by atoms with E-state index in [2.05, 4.69) is 11.9 Å². The number of piperazine rings is 1. The summed E-state index contributed by atoms with van der Waals surface area (Å²) < 4.78 is 17.3. The van der Waals surface area contributed by atoms with Crippen LogP contribution in [0.3, 0.4) is 0 Å². The maximum absolute atomic E-state index is 13.2. The minimum Gasteiger partial charge on any atom is -0.497 e. The molecule has 1 aromatic carbocycles. The van der Waals surface area contributed by atoms with Crippen LogP contribution in [0.2, 0.25) is 0 Å². The molecule has 0 unspecified atom stereocenters. The molecule has 7 heteroatoms. The van der Waals surface area contributed by atoms with Crippen LogP contribution in [0.5, 0.6) is 5.75 Å². The lowest BCUT2D eigenvalue weighted by Gasteiger charge is -2.39. The minimum absolute atomic E-state index is 0.00883. The number of rotatable bonds is 8. The summed E-state index contributed by atoms with van der Waals surface area (Å²) in [4.78, 5) is 17.3. The highest BCUT2D eigenvalue weighted by atomic mass is 16.7. The fourth-order valence-corrected chi connectivity index (χ4v) is 4.13. The smallest absolute Gasteiger partial charge is 0.288 e. The van der Waals surface area contributed by atoms with Crippen LogP contribution < -0.4 is 4.74 Å². The van der Waals surface area contributed by atoms with E-state index in [-0.39, 0.29) is 24.3 Å². The highest BCUT2D eigenvalue weighted by molar-refractivity contribution is 5.92. The number of methoxy groups -OCH3 is 1. The van der Waals surface area contributed by atoms with Gasteiger partial charge in [-0.25, -0.2) is 0 Å². The number of nitrogens with zero attached hydrogens (tertiary/aromatic N) is 2. The van der Waals surface area contributed by atoms with Gasteiger partial charge in [-0.15, -0.1) is 0 Å². The molecule has 7 nitrogen and oxygen atoms in total. The number of carbonyl (C=O) groups is 1. The van der Waals surface area contributed by atoms with E-state index in [1.54, 1.807) is 7.11 Å². The number of aliphatic hydroxyl groups excluding tert-OH is 1. The van der Waals surface area contributed by atoms with Gasteiger partial charge in [0.15, 0.2) is 5.76 Å². The molecule has 0 spiro atoms. The number of hydrogen-bond acceptors (Lipinski definition) is 6. The number of likely N-dealkylation sites (N-methyl/N-ethyl adjacent to an activating group) is 1. The Bertz CT molecular complexity index is 713. The molecule has 0 saturated carbocycles. The third kappa shape index (κ3) is 5.33. The molecule has 2 heterocycles. The van der Waals surface area contributed by atoms with Gasteiger partial charge >= 0.3 is 0 Å². The first-order chi connectivity index (χ1) is 14.6. The number of carbonyl (C=O) groups excluding carboxylic acids is 1. The molecule has 1 amide bonds. The van der Waals surface area contributed by atoms with Gasteiger partial charge < -0.3 is 29.1 Å². The summed E-state index contributed by atoms with van der Waals surface area (Å²) in [6, 6.07) is 7.91. The normalized spacial score (nSPS) is 24.9. The molecule has 2 aliphatic heterocycles. The monoisotopic (exact) mass is 418 g/mol. The van der Waals surface area contributed by atoms with Crippen molar-refractivity contribution in [2.75, 3.05) is 53.6 Å². The molecular weight excluding hydrogens is 384 g/mol. The molecule has 0 aromatic heterocycles. The Kier molecular flexibility index (Phi) is 8.13. The Labute approximate surface area is 179 Å². The van der Waals surface area contributed by atoms with Crippen molar-refractivity contribution in [3.05, 3.63) is 41.7 Å². The summed E-state index contributed by atoms with van der Waals surface area (Å²) in [6.07, 6.45) is 2.81. The molecule has 2 aliphatic rings.